The van der Waals surface area contributed by atoms with Gasteiger partial charge in [0.2, 0.25) is 5.91 Å². The van der Waals surface area contributed by atoms with Crippen LogP contribution in [0.3, 0.4) is 0 Å². The summed E-state index contributed by atoms with van der Waals surface area (Å²) in [6.07, 6.45) is 6.77. The topological polar surface area (TPSA) is 99.7 Å². The van der Waals surface area contributed by atoms with E-state index in [4.69, 9.17) is 9.47 Å². The number of H-pyrrole nitrogens is 1. The van der Waals surface area contributed by atoms with E-state index in [1.54, 1.807) is 31.5 Å². The molecule has 1 fully saturated rings. The molecular formula is C25H30N4O4. The van der Waals surface area contributed by atoms with E-state index < -0.39 is 0 Å². The maximum absolute atomic E-state index is 12.2. The monoisotopic (exact) mass is 450 g/mol. The van der Waals surface area contributed by atoms with Crippen molar-refractivity contribution in [3.63, 3.8) is 0 Å². The fourth-order valence-corrected chi connectivity index (χ4v) is 3.82. The van der Waals surface area contributed by atoms with Gasteiger partial charge < -0.3 is 24.8 Å². The summed E-state index contributed by atoms with van der Waals surface area (Å²) in [6, 6.07) is 11.2. The zero-order valence-electron chi connectivity index (χ0n) is 19.0. The van der Waals surface area contributed by atoms with Crippen molar-refractivity contribution in [3.8, 4) is 22.6 Å². The summed E-state index contributed by atoms with van der Waals surface area (Å²) in [5.74, 6) is 0.914. The van der Waals surface area contributed by atoms with E-state index in [1.165, 1.54) is 0 Å². The summed E-state index contributed by atoms with van der Waals surface area (Å²) in [4.78, 5) is 14.2. The lowest BCUT2D eigenvalue weighted by Gasteiger charge is -2.35. The molecule has 8 nitrogen and oxygen atoms in total. The summed E-state index contributed by atoms with van der Waals surface area (Å²) >= 11 is 0. The van der Waals surface area contributed by atoms with Gasteiger partial charge in [0.25, 0.3) is 0 Å². The van der Waals surface area contributed by atoms with E-state index >= 15 is 0 Å². The predicted octanol–water partition coefficient (Wildman–Crippen LogP) is 3.10. The molecule has 1 heterocycles. The first-order chi connectivity index (χ1) is 16.0. The first-order valence-electron chi connectivity index (χ1n) is 11.1. The van der Waals surface area contributed by atoms with Crippen LogP contribution in [0.4, 0.5) is 0 Å². The molecule has 1 aliphatic rings. The number of amides is 1. The van der Waals surface area contributed by atoms with Gasteiger partial charge in [0.15, 0.2) is 0 Å². The molecule has 0 spiro atoms. The Morgan fingerprint density at radius 2 is 2.06 bits per heavy atom. The van der Waals surface area contributed by atoms with Crippen LogP contribution in [-0.2, 0) is 9.53 Å². The number of carbonyl (C=O) groups excluding carboxylic acids is 1. The number of nitrogens with one attached hydrogen (secondary N) is 2. The van der Waals surface area contributed by atoms with Crippen molar-refractivity contribution in [2.45, 2.75) is 25.0 Å². The molecule has 2 aromatic carbocycles. The number of benzene rings is 2. The van der Waals surface area contributed by atoms with E-state index in [0.29, 0.717) is 13.2 Å². The van der Waals surface area contributed by atoms with Crippen molar-refractivity contribution < 1.29 is 19.4 Å². The summed E-state index contributed by atoms with van der Waals surface area (Å²) in [5.41, 5.74) is 2.85. The molecule has 0 bridgehead atoms. The van der Waals surface area contributed by atoms with Crippen LogP contribution in [0, 0.1) is 0 Å². The van der Waals surface area contributed by atoms with Crippen LogP contribution < -0.4 is 10.1 Å². The second-order valence-corrected chi connectivity index (χ2v) is 8.43. The third kappa shape index (κ3) is 5.91. The summed E-state index contributed by atoms with van der Waals surface area (Å²) in [6.45, 7) is 2.19. The van der Waals surface area contributed by atoms with Gasteiger partial charge in [-0.25, -0.2) is 0 Å². The number of aromatic nitrogens is 2. The van der Waals surface area contributed by atoms with E-state index in [2.05, 4.69) is 20.4 Å². The second kappa shape index (κ2) is 10.5. The number of nitrogens with zero attached hydrogens (tertiary/aromatic N) is 2. The second-order valence-electron chi connectivity index (χ2n) is 8.43. The Morgan fingerprint density at radius 1 is 1.27 bits per heavy atom. The number of rotatable bonds is 10. The van der Waals surface area contributed by atoms with Crippen molar-refractivity contribution >= 4 is 16.8 Å². The van der Waals surface area contributed by atoms with Crippen LogP contribution in [0.15, 0.2) is 54.7 Å². The first-order valence-corrected chi connectivity index (χ1v) is 11.1. The highest BCUT2D eigenvalue weighted by Crippen LogP contribution is 2.35. The largest absolute Gasteiger partial charge is 0.508 e. The third-order valence-electron chi connectivity index (χ3n) is 5.82. The maximum atomic E-state index is 12.2. The van der Waals surface area contributed by atoms with Crippen molar-refractivity contribution in [1.82, 2.24) is 20.4 Å². The molecule has 174 valence electrons. The molecule has 3 aromatic rings. The minimum Gasteiger partial charge on any atom is -0.508 e. The molecule has 1 aliphatic carbocycles. The molecular weight excluding hydrogens is 420 g/mol. The molecule has 0 radical (unpaired) electrons. The Morgan fingerprint density at radius 3 is 2.82 bits per heavy atom. The van der Waals surface area contributed by atoms with E-state index in [-0.39, 0.29) is 23.8 Å². The Bertz CT molecular complexity index is 1100. The highest BCUT2D eigenvalue weighted by molar-refractivity contribution is 5.90. The standard InChI is InChI=1S/C25H30N4O4/c1-29(10-11-32-2)9-3-4-25(31)27-19-14-21(15-19)33-24-13-18(12-23-22(24)16-26-28-23)17-5-7-20(30)8-6-17/h3-8,12-13,16,19,21,30H,9-11,14-15H2,1-2H3,(H,26,28)(H,27,31)/b4-3+. The quantitative estimate of drug-likeness (QED) is 0.411. The molecule has 0 unspecified atom stereocenters. The van der Waals surface area contributed by atoms with Crippen molar-refractivity contribution in [3.05, 3.63) is 54.7 Å². The van der Waals surface area contributed by atoms with Gasteiger partial charge in [0, 0.05) is 45.2 Å². The van der Waals surface area contributed by atoms with Crippen molar-refractivity contribution in [2.75, 3.05) is 33.9 Å². The average Bonchev–Trinajstić information content (AvgIpc) is 3.25. The highest BCUT2D eigenvalue weighted by atomic mass is 16.5. The maximum Gasteiger partial charge on any atom is 0.243 e. The molecule has 1 amide bonds. The lowest BCUT2D eigenvalue weighted by molar-refractivity contribution is -0.118. The molecule has 1 aromatic heterocycles. The fourth-order valence-electron chi connectivity index (χ4n) is 3.82. The number of methoxy groups -OCH3 is 1. The number of phenolic OH excluding ortho intramolecular Hbond substituents is 1. The van der Waals surface area contributed by atoms with Crippen LogP contribution in [-0.4, -0.2) is 72.1 Å². The van der Waals surface area contributed by atoms with Gasteiger partial charge in [-0.05, 0) is 42.4 Å². The average molecular weight is 451 g/mol. The number of hydrogen-bond donors (Lipinski definition) is 3. The van der Waals surface area contributed by atoms with Gasteiger partial charge in [-0.1, -0.05) is 18.2 Å². The highest BCUT2D eigenvalue weighted by Gasteiger charge is 2.32. The fraction of sp³-hybridized carbons (Fsp3) is 0.360. The number of likely N-dealkylation sites (N-methyl/N-ethyl adjacent to an activating group) is 1. The van der Waals surface area contributed by atoms with Crippen molar-refractivity contribution in [2.24, 2.45) is 0 Å². The molecule has 0 atom stereocenters. The smallest absolute Gasteiger partial charge is 0.243 e. The molecule has 1 saturated carbocycles. The van der Waals surface area contributed by atoms with Crippen LogP contribution in [0.5, 0.6) is 11.5 Å². The van der Waals surface area contributed by atoms with Crippen molar-refractivity contribution in [1.29, 1.82) is 0 Å². The van der Waals surface area contributed by atoms with Gasteiger partial charge in [-0.3, -0.25) is 9.89 Å². The van der Waals surface area contributed by atoms with E-state index in [9.17, 15) is 9.90 Å². The minimum atomic E-state index is -0.0786. The van der Waals surface area contributed by atoms with Gasteiger partial charge in [-0.2, -0.15) is 5.10 Å². The lowest BCUT2D eigenvalue weighted by Crippen LogP contribution is -2.48. The van der Waals surface area contributed by atoms with Gasteiger partial charge >= 0.3 is 0 Å². The van der Waals surface area contributed by atoms with E-state index in [0.717, 1.165) is 47.2 Å². The molecule has 0 saturated heterocycles. The Balaban J connectivity index is 1.31. The molecule has 33 heavy (non-hydrogen) atoms. The summed E-state index contributed by atoms with van der Waals surface area (Å²) in [5, 5.41) is 20.7. The number of ether oxygens (including phenoxy) is 2. The summed E-state index contributed by atoms with van der Waals surface area (Å²) in [7, 11) is 3.67. The zero-order valence-corrected chi connectivity index (χ0v) is 19.0. The lowest BCUT2D eigenvalue weighted by atomic mass is 9.89. The Labute approximate surface area is 193 Å². The molecule has 3 N–H and O–H groups in total. The molecule has 4 rings (SSSR count). The normalized spacial score (nSPS) is 18.0. The van der Waals surface area contributed by atoms with Crippen LogP contribution >= 0.6 is 0 Å². The van der Waals surface area contributed by atoms with Gasteiger partial charge in [0.05, 0.1) is 23.7 Å². The summed E-state index contributed by atoms with van der Waals surface area (Å²) < 4.78 is 11.3. The van der Waals surface area contributed by atoms with Gasteiger partial charge in [0.1, 0.15) is 17.6 Å². The first kappa shape index (κ1) is 22.8. The number of carbonyl (C=O) groups is 1. The number of hydrogen-bond acceptors (Lipinski definition) is 6. The Kier molecular flexibility index (Phi) is 7.26. The van der Waals surface area contributed by atoms with Crippen LogP contribution in [0.25, 0.3) is 22.0 Å². The zero-order chi connectivity index (χ0) is 23.2. The molecule has 0 aliphatic heterocycles. The number of fused-ring (bicyclic) bond motifs is 1. The van der Waals surface area contributed by atoms with Crippen LogP contribution in [0.1, 0.15) is 12.8 Å². The van der Waals surface area contributed by atoms with E-state index in [1.807, 2.05) is 37.4 Å². The minimum absolute atomic E-state index is 0.0348. The third-order valence-corrected chi connectivity index (χ3v) is 5.82. The SMILES string of the molecule is COCCN(C)C/C=C/C(=O)NC1CC(Oc2cc(-c3ccc(O)cc3)cc3[nH]ncc23)C1. The number of aromatic amines is 1. The predicted molar refractivity (Wildman–Crippen MR) is 127 cm³/mol. The number of phenols is 1. The van der Waals surface area contributed by atoms with Gasteiger partial charge in [-0.15, -0.1) is 0 Å². The molecule has 8 heteroatoms. The van der Waals surface area contributed by atoms with Crippen LogP contribution in [0.2, 0.25) is 0 Å². The number of aromatic hydroxyl groups is 1. The Hall–Kier alpha value is -3.36.